The zero-order chi connectivity index (χ0) is 30.8. The molecule has 3 fully saturated rings. The normalized spacial score (nSPS) is 19.1. The Morgan fingerprint density at radius 3 is 2.16 bits per heavy atom. The van der Waals surface area contributed by atoms with E-state index >= 15 is 0 Å². The van der Waals surface area contributed by atoms with Crippen molar-refractivity contribution in [2.24, 2.45) is 0 Å². The average molecular weight is 605 g/mol. The van der Waals surface area contributed by atoms with Gasteiger partial charge in [0, 0.05) is 65.2 Å². The van der Waals surface area contributed by atoms with Crippen molar-refractivity contribution >= 4 is 18.1 Å². The number of alkyl halides is 3. The summed E-state index contributed by atoms with van der Waals surface area (Å²) >= 11 is 0. The fourth-order valence-electron chi connectivity index (χ4n) is 5.81. The quantitative estimate of drug-likeness (QED) is 0.524. The molecule has 3 amide bonds. The molecule has 13 heteroatoms. The highest BCUT2D eigenvalue weighted by Gasteiger charge is 2.47. The first-order valence-corrected chi connectivity index (χ1v) is 14.4. The number of piperidine rings is 1. The third kappa shape index (κ3) is 6.98. The molecule has 3 aliphatic rings. The zero-order valence-corrected chi connectivity index (χ0v) is 23.9. The highest BCUT2D eigenvalue weighted by atomic mass is 19.4. The molecule has 0 saturated carbocycles. The predicted molar refractivity (Wildman–Crippen MR) is 148 cm³/mol. The number of carbonyl (C=O) groups is 3. The maximum absolute atomic E-state index is 13.0. The highest BCUT2D eigenvalue weighted by Crippen LogP contribution is 2.35. The van der Waals surface area contributed by atoms with E-state index in [0.717, 1.165) is 17.7 Å². The first-order valence-electron chi connectivity index (χ1n) is 14.4. The van der Waals surface area contributed by atoms with E-state index in [9.17, 15) is 32.7 Å². The number of hydrogen-bond acceptors (Lipinski definition) is 7. The van der Waals surface area contributed by atoms with Gasteiger partial charge in [-0.15, -0.1) is 0 Å². The molecule has 5 rings (SSSR count). The standard InChI is InChI=1S/C30H35F3N4O6/c1-2-42-27(40)36-15-13-35(14-16-36)26(39)24-8-5-22(17-25(24)38)19-37-20-29(43-28(37)41)9-11-34(12-10-29)18-21-3-6-23(7-4-21)30(31,32)33/h3-8,17,38H,2,9-16,18-20H2,1H3. The Balaban J connectivity index is 1.12. The maximum atomic E-state index is 13.0. The van der Waals surface area contributed by atoms with Crippen molar-refractivity contribution < 1.29 is 42.1 Å². The van der Waals surface area contributed by atoms with Crippen molar-refractivity contribution in [2.75, 3.05) is 52.4 Å². The van der Waals surface area contributed by atoms with Crippen LogP contribution in [-0.4, -0.2) is 101 Å². The lowest BCUT2D eigenvalue weighted by Crippen LogP contribution is -2.50. The smallest absolute Gasteiger partial charge is 0.416 e. The van der Waals surface area contributed by atoms with Crippen LogP contribution in [0.15, 0.2) is 42.5 Å². The van der Waals surface area contributed by atoms with Crippen molar-refractivity contribution in [1.82, 2.24) is 19.6 Å². The fourth-order valence-corrected chi connectivity index (χ4v) is 5.81. The van der Waals surface area contributed by atoms with Crippen LogP contribution in [-0.2, 0) is 28.7 Å². The maximum Gasteiger partial charge on any atom is 0.416 e. The second kappa shape index (κ2) is 12.3. The predicted octanol–water partition coefficient (Wildman–Crippen LogP) is 4.31. The summed E-state index contributed by atoms with van der Waals surface area (Å²) in [7, 11) is 0. The summed E-state index contributed by atoms with van der Waals surface area (Å²) in [5, 5.41) is 10.7. The average Bonchev–Trinajstić information content (AvgIpc) is 3.28. The van der Waals surface area contributed by atoms with Crippen molar-refractivity contribution in [3.05, 3.63) is 64.7 Å². The lowest BCUT2D eigenvalue weighted by Gasteiger charge is -2.37. The van der Waals surface area contributed by atoms with Crippen molar-refractivity contribution in [1.29, 1.82) is 0 Å². The highest BCUT2D eigenvalue weighted by molar-refractivity contribution is 5.97. The van der Waals surface area contributed by atoms with Gasteiger partial charge in [-0.25, -0.2) is 9.59 Å². The fraction of sp³-hybridized carbons (Fsp3) is 0.500. The topological polar surface area (TPSA) is 103 Å². The van der Waals surface area contributed by atoms with Gasteiger partial charge in [0.1, 0.15) is 11.4 Å². The van der Waals surface area contributed by atoms with Gasteiger partial charge in [0.2, 0.25) is 0 Å². The Morgan fingerprint density at radius 1 is 0.930 bits per heavy atom. The molecule has 0 unspecified atom stereocenters. The SMILES string of the molecule is CCOC(=O)N1CCN(C(=O)c2ccc(CN3CC4(CCN(Cc5ccc(C(F)(F)F)cc5)CC4)OC3=O)cc2O)CC1. The molecule has 3 heterocycles. The Labute approximate surface area is 247 Å². The van der Waals surface area contributed by atoms with Gasteiger partial charge in [0.05, 0.1) is 24.3 Å². The largest absolute Gasteiger partial charge is 0.507 e. The molecular weight excluding hydrogens is 569 g/mol. The van der Waals surface area contributed by atoms with Gasteiger partial charge in [-0.05, 0) is 42.3 Å². The number of nitrogens with zero attached hydrogens (tertiary/aromatic N) is 4. The minimum absolute atomic E-state index is 0.147. The van der Waals surface area contributed by atoms with Crippen molar-refractivity contribution in [3.8, 4) is 5.75 Å². The molecule has 3 saturated heterocycles. The molecule has 43 heavy (non-hydrogen) atoms. The van der Waals surface area contributed by atoms with Crippen LogP contribution in [0.3, 0.4) is 0 Å². The van der Waals surface area contributed by atoms with Crippen LogP contribution in [0.1, 0.15) is 46.8 Å². The van der Waals surface area contributed by atoms with Gasteiger partial charge in [-0.3, -0.25) is 14.6 Å². The number of benzene rings is 2. The number of amides is 3. The number of carbonyl (C=O) groups excluding carboxylic acids is 3. The van der Waals surface area contributed by atoms with Crippen LogP contribution < -0.4 is 0 Å². The third-order valence-electron chi connectivity index (χ3n) is 8.25. The van der Waals surface area contributed by atoms with Gasteiger partial charge in [0.25, 0.3) is 5.91 Å². The van der Waals surface area contributed by atoms with Crippen LogP contribution in [0.2, 0.25) is 0 Å². The van der Waals surface area contributed by atoms with E-state index in [0.29, 0.717) is 70.8 Å². The van der Waals surface area contributed by atoms with Gasteiger partial charge < -0.3 is 24.4 Å². The lowest BCUT2D eigenvalue weighted by atomic mass is 9.91. The Bertz CT molecular complexity index is 1340. The first kappa shape index (κ1) is 30.5. The monoisotopic (exact) mass is 604 g/mol. The first-order chi connectivity index (χ1) is 20.5. The zero-order valence-electron chi connectivity index (χ0n) is 23.9. The number of rotatable bonds is 6. The number of ether oxygens (including phenoxy) is 2. The number of halogens is 3. The van der Waals surface area contributed by atoms with Gasteiger partial charge in [0.15, 0.2) is 0 Å². The molecule has 1 spiro atoms. The number of likely N-dealkylation sites (tertiary alicyclic amines) is 1. The molecule has 3 aliphatic heterocycles. The van der Waals surface area contributed by atoms with Gasteiger partial charge in [-0.2, -0.15) is 13.2 Å². The molecule has 1 N–H and O–H groups in total. The lowest BCUT2D eigenvalue weighted by molar-refractivity contribution is -0.137. The van der Waals surface area contributed by atoms with Crippen LogP contribution >= 0.6 is 0 Å². The summed E-state index contributed by atoms with van der Waals surface area (Å²) in [5.41, 5.74) is 0.267. The molecule has 0 aliphatic carbocycles. The van der Waals surface area contributed by atoms with Crippen LogP contribution in [0.25, 0.3) is 0 Å². The minimum Gasteiger partial charge on any atom is -0.507 e. The summed E-state index contributed by atoms with van der Waals surface area (Å²) in [5.74, 6) is -0.524. The Hall–Kier alpha value is -4.00. The summed E-state index contributed by atoms with van der Waals surface area (Å²) in [4.78, 5) is 44.5. The van der Waals surface area contributed by atoms with E-state index in [1.807, 2.05) is 0 Å². The summed E-state index contributed by atoms with van der Waals surface area (Å²) in [6.07, 6.45) is -4.03. The summed E-state index contributed by atoms with van der Waals surface area (Å²) in [6.45, 7) is 5.70. The second-order valence-corrected chi connectivity index (χ2v) is 11.2. The molecule has 0 atom stereocenters. The van der Waals surface area contributed by atoms with Crippen molar-refractivity contribution in [2.45, 2.75) is 44.6 Å². The summed E-state index contributed by atoms with van der Waals surface area (Å²) in [6, 6.07) is 9.88. The number of phenols is 1. The number of aromatic hydroxyl groups is 1. The second-order valence-electron chi connectivity index (χ2n) is 11.2. The molecule has 2 aromatic carbocycles. The van der Waals surface area contributed by atoms with E-state index in [1.165, 1.54) is 18.2 Å². The van der Waals surface area contributed by atoms with E-state index in [-0.39, 0.29) is 30.4 Å². The Kier molecular flexibility index (Phi) is 8.72. The molecule has 0 bridgehead atoms. The van der Waals surface area contributed by atoms with Crippen LogP contribution in [0, 0.1) is 0 Å². The molecule has 0 aromatic heterocycles. The summed E-state index contributed by atoms with van der Waals surface area (Å²) < 4.78 is 49.3. The van der Waals surface area contributed by atoms with Gasteiger partial charge in [-0.1, -0.05) is 18.2 Å². The molecule has 232 valence electrons. The van der Waals surface area contributed by atoms with Crippen LogP contribution in [0.5, 0.6) is 5.75 Å². The number of phenolic OH excluding ortho intramolecular Hbond substituents is 1. The molecule has 0 radical (unpaired) electrons. The third-order valence-corrected chi connectivity index (χ3v) is 8.25. The molecule has 2 aromatic rings. The van der Waals surface area contributed by atoms with Crippen molar-refractivity contribution in [3.63, 3.8) is 0 Å². The van der Waals surface area contributed by atoms with E-state index in [4.69, 9.17) is 9.47 Å². The number of hydrogen-bond donors (Lipinski definition) is 1. The molecule has 10 nitrogen and oxygen atoms in total. The van der Waals surface area contributed by atoms with Crippen LogP contribution in [0.4, 0.5) is 22.8 Å². The van der Waals surface area contributed by atoms with E-state index < -0.39 is 29.5 Å². The van der Waals surface area contributed by atoms with E-state index in [2.05, 4.69) is 4.90 Å². The van der Waals surface area contributed by atoms with E-state index in [1.54, 1.807) is 33.8 Å². The van der Waals surface area contributed by atoms with Gasteiger partial charge >= 0.3 is 18.4 Å². The minimum atomic E-state index is -4.36. The molecular formula is C30H35F3N4O6. The Morgan fingerprint density at radius 2 is 1.56 bits per heavy atom. The number of piperazine rings is 1.